The van der Waals surface area contributed by atoms with Gasteiger partial charge in [0.2, 0.25) is 5.91 Å². The summed E-state index contributed by atoms with van der Waals surface area (Å²) in [4.78, 5) is 13.1. The second-order valence-electron chi connectivity index (χ2n) is 4.01. The summed E-state index contributed by atoms with van der Waals surface area (Å²) in [6, 6.07) is 13.2. The summed E-state index contributed by atoms with van der Waals surface area (Å²) in [5, 5.41) is 0. The van der Waals surface area contributed by atoms with Crippen molar-refractivity contribution in [1.82, 2.24) is 0 Å². The largest absolute Gasteiger partial charge is 0.398 e. The number of hydrogen-bond donors (Lipinski definition) is 2. The van der Waals surface area contributed by atoms with Gasteiger partial charge in [0, 0.05) is 15.5 Å². The molecule has 1 amide bonds. The highest BCUT2D eigenvalue weighted by molar-refractivity contribution is 7.99. The fourth-order valence-corrected chi connectivity index (χ4v) is 2.75. The number of nitrogens with two attached hydrogens (primary N) is 2. The molecule has 2 rings (SSSR count). The first-order chi connectivity index (χ1) is 8.58. The fraction of sp³-hybridized carbons (Fsp3) is 0.0714. The second kappa shape index (κ2) is 5.14. The topological polar surface area (TPSA) is 69.1 Å². The molecule has 0 aromatic heterocycles. The van der Waals surface area contributed by atoms with E-state index < -0.39 is 5.91 Å². The number of carbonyl (C=O) groups is 1. The lowest BCUT2D eigenvalue weighted by atomic mass is 10.2. The lowest BCUT2D eigenvalue weighted by Crippen LogP contribution is -2.13. The fourth-order valence-electron chi connectivity index (χ4n) is 1.66. The van der Waals surface area contributed by atoms with Gasteiger partial charge in [-0.1, -0.05) is 35.5 Å². The number of rotatable bonds is 3. The number of nitrogen functional groups attached to an aromatic ring is 1. The Morgan fingerprint density at radius 2 is 1.89 bits per heavy atom. The molecule has 0 radical (unpaired) electrons. The van der Waals surface area contributed by atoms with E-state index in [1.807, 2.05) is 31.2 Å². The molecule has 3 nitrogen and oxygen atoms in total. The highest BCUT2D eigenvalue weighted by Gasteiger charge is 2.12. The van der Waals surface area contributed by atoms with Crippen molar-refractivity contribution in [2.75, 3.05) is 5.73 Å². The lowest BCUT2D eigenvalue weighted by Gasteiger charge is -2.09. The molecule has 4 N–H and O–H groups in total. The molecule has 0 aliphatic heterocycles. The van der Waals surface area contributed by atoms with Gasteiger partial charge in [0.25, 0.3) is 0 Å². The minimum absolute atomic E-state index is 0.460. The smallest absolute Gasteiger partial charge is 0.249 e. The Labute approximate surface area is 110 Å². The van der Waals surface area contributed by atoms with Gasteiger partial charge in [-0.15, -0.1) is 0 Å². The summed E-state index contributed by atoms with van der Waals surface area (Å²) >= 11 is 1.46. The van der Waals surface area contributed by atoms with Gasteiger partial charge >= 0.3 is 0 Å². The Hall–Kier alpha value is -1.94. The van der Waals surface area contributed by atoms with Crippen LogP contribution in [0.25, 0.3) is 0 Å². The van der Waals surface area contributed by atoms with Crippen molar-refractivity contribution in [3.63, 3.8) is 0 Å². The van der Waals surface area contributed by atoms with E-state index in [4.69, 9.17) is 11.5 Å². The van der Waals surface area contributed by atoms with Gasteiger partial charge in [-0.05, 0) is 31.2 Å². The maximum atomic E-state index is 11.4. The average molecular weight is 258 g/mol. The van der Waals surface area contributed by atoms with Gasteiger partial charge in [-0.3, -0.25) is 4.79 Å². The lowest BCUT2D eigenvalue weighted by molar-refractivity contribution is 0.0997. The summed E-state index contributed by atoms with van der Waals surface area (Å²) in [5.41, 5.74) is 13.5. The Morgan fingerprint density at radius 1 is 1.17 bits per heavy atom. The molecule has 2 aromatic carbocycles. The van der Waals surface area contributed by atoms with E-state index in [1.54, 1.807) is 18.2 Å². The van der Waals surface area contributed by atoms with E-state index in [0.29, 0.717) is 11.3 Å². The first kappa shape index (κ1) is 12.5. The predicted octanol–water partition coefficient (Wildman–Crippen LogP) is 2.83. The van der Waals surface area contributed by atoms with E-state index in [-0.39, 0.29) is 0 Å². The van der Waals surface area contributed by atoms with Crippen molar-refractivity contribution in [3.8, 4) is 0 Å². The number of carbonyl (C=O) groups excluding carboxylic acids is 1. The van der Waals surface area contributed by atoms with Crippen LogP contribution >= 0.6 is 11.8 Å². The van der Waals surface area contributed by atoms with Crippen LogP contribution in [-0.2, 0) is 0 Å². The highest BCUT2D eigenvalue weighted by atomic mass is 32.2. The zero-order valence-corrected chi connectivity index (χ0v) is 10.8. The summed E-state index contributed by atoms with van der Waals surface area (Å²) < 4.78 is 0. The van der Waals surface area contributed by atoms with Gasteiger partial charge in [0.15, 0.2) is 0 Å². The van der Waals surface area contributed by atoms with Crippen LogP contribution in [0.15, 0.2) is 52.3 Å². The van der Waals surface area contributed by atoms with Crippen LogP contribution < -0.4 is 11.5 Å². The van der Waals surface area contributed by atoms with E-state index in [9.17, 15) is 4.79 Å². The van der Waals surface area contributed by atoms with E-state index >= 15 is 0 Å². The zero-order valence-electron chi connectivity index (χ0n) is 10.0. The van der Waals surface area contributed by atoms with E-state index in [1.165, 1.54) is 11.8 Å². The monoisotopic (exact) mass is 258 g/mol. The minimum Gasteiger partial charge on any atom is -0.398 e. The van der Waals surface area contributed by atoms with E-state index in [0.717, 1.165) is 15.4 Å². The first-order valence-electron chi connectivity index (χ1n) is 5.51. The maximum Gasteiger partial charge on any atom is 0.249 e. The number of hydrogen-bond acceptors (Lipinski definition) is 3. The van der Waals surface area contributed by atoms with Crippen LogP contribution in [0.5, 0.6) is 0 Å². The number of amides is 1. The molecule has 92 valence electrons. The van der Waals surface area contributed by atoms with Gasteiger partial charge in [-0.2, -0.15) is 0 Å². The van der Waals surface area contributed by atoms with Crippen molar-refractivity contribution in [2.45, 2.75) is 16.7 Å². The standard InChI is InChI=1S/C14H14N2OS/c1-9-4-2-5-10(8-9)18-13-11(14(16)17)6-3-7-12(13)15/h2-8H,15H2,1H3,(H2,16,17). The third kappa shape index (κ3) is 2.65. The Balaban J connectivity index is 2.42. The van der Waals surface area contributed by atoms with Crippen LogP contribution in [-0.4, -0.2) is 5.91 Å². The van der Waals surface area contributed by atoms with Gasteiger partial charge in [0.05, 0.1) is 5.56 Å². The average Bonchev–Trinajstić information content (AvgIpc) is 2.31. The molecule has 18 heavy (non-hydrogen) atoms. The molecular formula is C14H14N2OS. The van der Waals surface area contributed by atoms with Crippen molar-refractivity contribution < 1.29 is 4.79 Å². The Bertz CT molecular complexity index is 596. The van der Waals surface area contributed by atoms with Crippen LogP contribution in [0.4, 0.5) is 5.69 Å². The van der Waals surface area contributed by atoms with Crippen LogP contribution in [0.3, 0.4) is 0 Å². The number of aryl methyl sites for hydroxylation is 1. The normalized spacial score (nSPS) is 10.3. The minimum atomic E-state index is -0.461. The third-order valence-electron chi connectivity index (χ3n) is 2.52. The summed E-state index contributed by atoms with van der Waals surface area (Å²) in [6.45, 7) is 2.02. The Morgan fingerprint density at radius 3 is 2.56 bits per heavy atom. The Kier molecular flexibility index (Phi) is 3.58. The molecule has 0 aliphatic carbocycles. The molecule has 0 heterocycles. The van der Waals surface area contributed by atoms with Crippen molar-refractivity contribution in [2.24, 2.45) is 5.73 Å². The van der Waals surface area contributed by atoms with Gasteiger partial charge < -0.3 is 11.5 Å². The van der Waals surface area contributed by atoms with Crippen molar-refractivity contribution >= 4 is 23.4 Å². The number of primary amides is 1. The maximum absolute atomic E-state index is 11.4. The molecule has 0 saturated carbocycles. The molecule has 0 bridgehead atoms. The number of anilines is 1. The molecule has 2 aromatic rings. The summed E-state index contributed by atoms with van der Waals surface area (Å²) in [6.07, 6.45) is 0. The molecule has 4 heteroatoms. The second-order valence-corrected chi connectivity index (χ2v) is 5.09. The van der Waals surface area contributed by atoms with Gasteiger partial charge in [-0.25, -0.2) is 0 Å². The molecule has 0 fully saturated rings. The van der Waals surface area contributed by atoms with Crippen LogP contribution in [0.2, 0.25) is 0 Å². The van der Waals surface area contributed by atoms with Crippen molar-refractivity contribution in [1.29, 1.82) is 0 Å². The van der Waals surface area contributed by atoms with Crippen LogP contribution in [0.1, 0.15) is 15.9 Å². The molecule has 0 atom stereocenters. The van der Waals surface area contributed by atoms with E-state index in [2.05, 4.69) is 0 Å². The molecule has 0 unspecified atom stereocenters. The zero-order chi connectivity index (χ0) is 13.1. The third-order valence-corrected chi connectivity index (χ3v) is 3.67. The predicted molar refractivity (Wildman–Crippen MR) is 74.7 cm³/mol. The van der Waals surface area contributed by atoms with Gasteiger partial charge in [0.1, 0.15) is 0 Å². The number of benzene rings is 2. The highest BCUT2D eigenvalue weighted by Crippen LogP contribution is 2.35. The quantitative estimate of drug-likeness (QED) is 0.832. The molecular weight excluding hydrogens is 244 g/mol. The SMILES string of the molecule is Cc1cccc(Sc2c(N)cccc2C(N)=O)c1. The first-order valence-corrected chi connectivity index (χ1v) is 6.32. The van der Waals surface area contributed by atoms with Crippen LogP contribution in [0, 0.1) is 6.92 Å². The molecule has 0 aliphatic rings. The summed E-state index contributed by atoms with van der Waals surface area (Å²) in [7, 11) is 0. The molecule has 0 saturated heterocycles. The summed E-state index contributed by atoms with van der Waals surface area (Å²) in [5.74, 6) is -0.461. The van der Waals surface area contributed by atoms with Crippen molar-refractivity contribution in [3.05, 3.63) is 53.6 Å². The molecule has 0 spiro atoms.